The first kappa shape index (κ1) is 29.2. The van der Waals surface area contributed by atoms with Gasteiger partial charge in [-0.25, -0.2) is 17.2 Å². The van der Waals surface area contributed by atoms with E-state index in [2.05, 4.69) is 0 Å². The molecule has 0 saturated carbocycles. The third-order valence-electron chi connectivity index (χ3n) is 6.44. The highest BCUT2D eigenvalue weighted by molar-refractivity contribution is 7.89. The largest absolute Gasteiger partial charge is 0.345 e. The summed E-state index contributed by atoms with van der Waals surface area (Å²) >= 11 is 0. The maximum Gasteiger partial charge on any atom is 0.243 e. The van der Waals surface area contributed by atoms with Crippen LogP contribution in [0.25, 0.3) is 0 Å². The van der Waals surface area contributed by atoms with E-state index in [9.17, 15) is 22.0 Å². The van der Waals surface area contributed by atoms with Crippen LogP contribution in [0.1, 0.15) is 30.7 Å². The van der Waals surface area contributed by atoms with Gasteiger partial charge in [-0.3, -0.25) is 4.79 Å². The number of hydrogen-bond donors (Lipinski definition) is 0. The molecule has 0 aliphatic carbocycles. The summed E-state index contributed by atoms with van der Waals surface area (Å²) in [6.07, 6.45) is 1.90. The van der Waals surface area contributed by atoms with E-state index in [1.807, 2.05) is 67.1 Å². The summed E-state index contributed by atoms with van der Waals surface area (Å²) in [6.45, 7) is 4.55. The lowest BCUT2D eigenvalue weighted by atomic mass is 10.2. The SMILES string of the molecule is CC(C)CN(CC(=O)N(Cc1ccccc1)Cc1cccn1Cc1ccc(F)cc1)S(=O)(=O)c1ccc(F)cc1. The summed E-state index contributed by atoms with van der Waals surface area (Å²) < 4.78 is 57.0. The van der Waals surface area contributed by atoms with Crippen LogP contribution in [-0.4, -0.2) is 41.2 Å². The average molecular weight is 566 g/mol. The molecule has 0 atom stereocenters. The van der Waals surface area contributed by atoms with Crippen molar-refractivity contribution in [3.05, 3.63) is 126 Å². The molecule has 0 N–H and O–H groups in total. The number of nitrogens with zero attached hydrogens (tertiary/aromatic N) is 3. The second kappa shape index (κ2) is 13.0. The summed E-state index contributed by atoms with van der Waals surface area (Å²) in [7, 11) is -4.05. The predicted molar refractivity (Wildman–Crippen MR) is 151 cm³/mol. The zero-order chi connectivity index (χ0) is 28.7. The van der Waals surface area contributed by atoms with Gasteiger partial charge in [0.25, 0.3) is 0 Å². The number of carbonyl (C=O) groups is 1. The molecule has 4 aromatic rings. The van der Waals surface area contributed by atoms with E-state index in [1.165, 1.54) is 28.6 Å². The molecule has 1 aromatic heterocycles. The van der Waals surface area contributed by atoms with Crippen molar-refractivity contribution in [1.82, 2.24) is 13.8 Å². The molecule has 40 heavy (non-hydrogen) atoms. The smallest absolute Gasteiger partial charge is 0.243 e. The molecule has 1 heterocycles. The summed E-state index contributed by atoms with van der Waals surface area (Å²) in [5.41, 5.74) is 2.67. The molecule has 210 valence electrons. The fourth-order valence-electron chi connectivity index (χ4n) is 4.43. The standard InChI is InChI=1S/C31H33F2N3O3S/c1-24(2)19-36(40(38,39)30-16-14-28(33)15-17-30)23-31(37)35(21-25-7-4-3-5-8-25)22-29-9-6-18-34(29)20-26-10-12-27(32)13-11-26/h3-18,24H,19-23H2,1-2H3. The molecule has 0 aliphatic rings. The van der Waals surface area contributed by atoms with Gasteiger partial charge in [0, 0.05) is 31.5 Å². The maximum atomic E-state index is 13.8. The normalized spacial score (nSPS) is 11.8. The number of sulfonamides is 1. The van der Waals surface area contributed by atoms with Crippen LogP contribution in [0, 0.1) is 17.6 Å². The number of amides is 1. The first-order chi connectivity index (χ1) is 19.1. The Morgan fingerprint density at radius 1 is 0.800 bits per heavy atom. The molecule has 9 heteroatoms. The summed E-state index contributed by atoms with van der Waals surface area (Å²) in [6, 6.07) is 24.2. The van der Waals surface area contributed by atoms with E-state index < -0.39 is 15.8 Å². The molecule has 0 radical (unpaired) electrons. The van der Waals surface area contributed by atoms with Gasteiger partial charge in [0.2, 0.25) is 15.9 Å². The molecule has 0 unspecified atom stereocenters. The van der Waals surface area contributed by atoms with E-state index >= 15 is 0 Å². The van der Waals surface area contributed by atoms with Crippen molar-refractivity contribution in [1.29, 1.82) is 0 Å². The monoisotopic (exact) mass is 565 g/mol. The van der Waals surface area contributed by atoms with Crippen LogP contribution >= 0.6 is 0 Å². The predicted octanol–water partition coefficient (Wildman–Crippen LogP) is 5.69. The molecule has 0 bridgehead atoms. The van der Waals surface area contributed by atoms with E-state index in [0.717, 1.165) is 29.0 Å². The van der Waals surface area contributed by atoms with Gasteiger partial charge in [-0.2, -0.15) is 4.31 Å². The van der Waals surface area contributed by atoms with Crippen molar-refractivity contribution in [2.24, 2.45) is 5.92 Å². The van der Waals surface area contributed by atoms with Crippen LogP contribution in [-0.2, 0) is 34.5 Å². The van der Waals surface area contributed by atoms with E-state index in [4.69, 9.17) is 0 Å². The Hall–Kier alpha value is -3.82. The van der Waals surface area contributed by atoms with Gasteiger partial charge < -0.3 is 9.47 Å². The van der Waals surface area contributed by atoms with Crippen molar-refractivity contribution in [3.63, 3.8) is 0 Å². The highest BCUT2D eigenvalue weighted by Crippen LogP contribution is 2.20. The topological polar surface area (TPSA) is 62.6 Å². The lowest BCUT2D eigenvalue weighted by Gasteiger charge is -2.29. The minimum Gasteiger partial charge on any atom is -0.345 e. The molecule has 0 saturated heterocycles. The summed E-state index contributed by atoms with van der Waals surface area (Å²) in [4.78, 5) is 15.4. The number of aromatic nitrogens is 1. The second-order valence-corrected chi connectivity index (χ2v) is 12.1. The van der Waals surface area contributed by atoms with Crippen LogP contribution in [0.3, 0.4) is 0 Å². The quantitative estimate of drug-likeness (QED) is 0.222. The lowest BCUT2D eigenvalue weighted by molar-refractivity contribution is -0.132. The van der Waals surface area contributed by atoms with Gasteiger partial charge in [0.15, 0.2) is 0 Å². The van der Waals surface area contributed by atoms with Gasteiger partial charge in [-0.15, -0.1) is 0 Å². The van der Waals surface area contributed by atoms with Crippen molar-refractivity contribution < 1.29 is 22.0 Å². The van der Waals surface area contributed by atoms with Crippen molar-refractivity contribution in [2.75, 3.05) is 13.1 Å². The van der Waals surface area contributed by atoms with Gasteiger partial charge in [-0.05, 0) is 65.6 Å². The van der Waals surface area contributed by atoms with Gasteiger partial charge in [0.1, 0.15) is 11.6 Å². The van der Waals surface area contributed by atoms with E-state index in [-0.39, 0.29) is 48.7 Å². The van der Waals surface area contributed by atoms with Crippen LogP contribution < -0.4 is 0 Å². The van der Waals surface area contributed by atoms with Gasteiger partial charge >= 0.3 is 0 Å². The van der Waals surface area contributed by atoms with Crippen LogP contribution in [0.2, 0.25) is 0 Å². The second-order valence-electron chi connectivity index (χ2n) is 10.1. The Balaban J connectivity index is 1.60. The van der Waals surface area contributed by atoms with Crippen molar-refractivity contribution in [2.45, 2.75) is 38.4 Å². The third-order valence-corrected chi connectivity index (χ3v) is 8.27. The average Bonchev–Trinajstić information content (AvgIpc) is 3.36. The Morgan fingerprint density at radius 3 is 2.05 bits per heavy atom. The first-order valence-electron chi connectivity index (χ1n) is 13.1. The fraction of sp³-hybridized carbons (Fsp3) is 0.258. The molecule has 6 nitrogen and oxygen atoms in total. The zero-order valence-electron chi connectivity index (χ0n) is 22.6. The third kappa shape index (κ3) is 7.64. The molecule has 1 amide bonds. The van der Waals surface area contributed by atoms with Crippen molar-refractivity contribution >= 4 is 15.9 Å². The van der Waals surface area contributed by atoms with Crippen molar-refractivity contribution in [3.8, 4) is 0 Å². The highest BCUT2D eigenvalue weighted by atomic mass is 32.2. The number of halogens is 2. The molecule has 0 aliphatic heterocycles. The first-order valence-corrected chi connectivity index (χ1v) is 14.5. The lowest BCUT2D eigenvalue weighted by Crippen LogP contribution is -2.44. The van der Waals surface area contributed by atoms with Crippen LogP contribution in [0.4, 0.5) is 8.78 Å². The number of rotatable bonds is 12. The van der Waals surface area contributed by atoms with Gasteiger partial charge in [-0.1, -0.05) is 56.3 Å². The molecule has 4 rings (SSSR count). The highest BCUT2D eigenvalue weighted by Gasteiger charge is 2.29. The van der Waals surface area contributed by atoms with E-state index in [1.54, 1.807) is 17.0 Å². The zero-order valence-corrected chi connectivity index (χ0v) is 23.4. The maximum absolute atomic E-state index is 13.8. The Labute approximate surface area is 234 Å². The van der Waals surface area contributed by atoms with Crippen LogP contribution in [0.5, 0.6) is 0 Å². The van der Waals surface area contributed by atoms with Crippen LogP contribution in [0.15, 0.2) is 102 Å². The van der Waals surface area contributed by atoms with Gasteiger partial charge in [0.05, 0.1) is 18.0 Å². The molecule has 0 fully saturated rings. The molecule has 3 aromatic carbocycles. The minimum absolute atomic E-state index is 0.0430. The Morgan fingerprint density at radius 2 is 1.43 bits per heavy atom. The number of carbonyl (C=O) groups excluding carboxylic acids is 1. The molecule has 0 spiro atoms. The Kier molecular flexibility index (Phi) is 9.50. The number of hydrogen-bond acceptors (Lipinski definition) is 3. The number of benzene rings is 3. The fourth-order valence-corrected chi connectivity index (χ4v) is 5.98. The molecular formula is C31H33F2N3O3S. The van der Waals surface area contributed by atoms with E-state index in [0.29, 0.717) is 6.54 Å². The summed E-state index contributed by atoms with van der Waals surface area (Å²) in [5, 5.41) is 0. The minimum atomic E-state index is -4.05. The Bertz CT molecular complexity index is 1500. The molecular weight excluding hydrogens is 532 g/mol. The summed E-state index contributed by atoms with van der Waals surface area (Å²) in [5.74, 6) is -1.25.